The van der Waals surface area contributed by atoms with Crippen molar-refractivity contribution in [1.82, 2.24) is 25.8 Å². The molecule has 4 N–H and O–H groups in total. The lowest BCUT2D eigenvalue weighted by molar-refractivity contribution is -0.149. The predicted molar refractivity (Wildman–Crippen MR) is 207 cm³/mol. The summed E-state index contributed by atoms with van der Waals surface area (Å²) in [4.78, 5) is 71.2. The fraction of sp³-hybridized carbons (Fsp3) is 0.732. The molecule has 1 aliphatic carbocycles. The number of amides is 4. The van der Waals surface area contributed by atoms with Gasteiger partial charge in [-0.3, -0.25) is 19.2 Å². The number of hydrogen-bond donors (Lipinski definition) is 4. The monoisotopic (exact) mass is 757 g/mol. The molecule has 13 heteroatoms. The van der Waals surface area contributed by atoms with Crippen LogP contribution in [0.5, 0.6) is 0 Å². The average Bonchev–Trinajstić information content (AvgIpc) is 3.56. The van der Waals surface area contributed by atoms with Gasteiger partial charge in [0.25, 0.3) is 0 Å². The molecule has 0 radical (unpaired) electrons. The number of benzene rings is 1. The van der Waals surface area contributed by atoms with E-state index in [9.17, 15) is 29.1 Å². The zero-order valence-electron chi connectivity index (χ0n) is 34.5. The molecule has 1 heterocycles. The molecule has 0 spiro atoms. The van der Waals surface area contributed by atoms with E-state index in [1.165, 1.54) is 7.11 Å². The van der Waals surface area contributed by atoms with Gasteiger partial charge in [0.05, 0.1) is 42.7 Å². The summed E-state index contributed by atoms with van der Waals surface area (Å²) in [5.74, 6) is -2.67. The van der Waals surface area contributed by atoms with Crippen molar-refractivity contribution in [1.29, 1.82) is 0 Å². The van der Waals surface area contributed by atoms with Crippen molar-refractivity contribution in [2.45, 2.75) is 130 Å². The van der Waals surface area contributed by atoms with Crippen LogP contribution in [0.1, 0.15) is 80.2 Å². The van der Waals surface area contributed by atoms with Gasteiger partial charge in [-0.2, -0.15) is 0 Å². The summed E-state index contributed by atoms with van der Waals surface area (Å²) in [7, 11) is 6.51. The highest BCUT2D eigenvalue weighted by Crippen LogP contribution is 2.54. The zero-order valence-corrected chi connectivity index (χ0v) is 34.5. The lowest BCUT2D eigenvalue weighted by atomic mass is 9.89. The third kappa shape index (κ3) is 10.4. The van der Waals surface area contributed by atoms with Gasteiger partial charge in [0.1, 0.15) is 12.1 Å². The third-order valence-corrected chi connectivity index (χ3v) is 12.0. The molecule has 0 bridgehead atoms. The number of carboxylic acid groups (broad SMARTS) is 1. The van der Waals surface area contributed by atoms with Crippen LogP contribution in [0.15, 0.2) is 30.3 Å². The van der Waals surface area contributed by atoms with Crippen molar-refractivity contribution in [3.8, 4) is 0 Å². The molecule has 1 saturated heterocycles. The van der Waals surface area contributed by atoms with Gasteiger partial charge in [0, 0.05) is 33.7 Å². The number of rotatable bonds is 21. The van der Waals surface area contributed by atoms with Crippen LogP contribution in [-0.2, 0) is 39.9 Å². The number of carbonyl (C=O) groups excluding carboxylic acids is 4. The standard InChI is InChI=1S/C41H67N5O8/c1-13-24(6)35(45(10)40(50)34(23(4)5)44-39(49)33(42-9)22(2)3)31(53-11)21-32(47)46-30(20-28-25(7)36(28)46)37(54-12)26(8)38(48)43-29(41(51)52)19-27-17-15-14-16-18-27/h14-18,22-26,28-31,33-37,42H,13,19-21H2,1-12H3,(H,43,48)(H,44,49)(H,51,52)/t24-,25?,26+,28?,29-,30-,31+,33-,34-,35-,36?,37+/m0/s1. The minimum absolute atomic E-state index is 0.00136. The molecule has 1 saturated carbocycles. The van der Waals surface area contributed by atoms with E-state index < -0.39 is 60.2 Å². The van der Waals surface area contributed by atoms with Gasteiger partial charge in [-0.05, 0) is 48.6 Å². The van der Waals surface area contributed by atoms with E-state index in [0.717, 1.165) is 12.0 Å². The molecule has 2 aliphatic rings. The molecular weight excluding hydrogens is 690 g/mol. The number of carbonyl (C=O) groups is 5. The maximum Gasteiger partial charge on any atom is 0.326 e. The van der Waals surface area contributed by atoms with E-state index in [1.807, 2.05) is 76.8 Å². The lowest BCUT2D eigenvalue weighted by Crippen LogP contribution is -2.59. The van der Waals surface area contributed by atoms with E-state index in [2.05, 4.69) is 22.9 Å². The van der Waals surface area contributed by atoms with Crippen LogP contribution in [0.4, 0.5) is 0 Å². The Morgan fingerprint density at radius 2 is 1.54 bits per heavy atom. The van der Waals surface area contributed by atoms with Crippen LogP contribution < -0.4 is 16.0 Å². The van der Waals surface area contributed by atoms with Gasteiger partial charge >= 0.3 is 5.97 Å². The highest BCUT2D eigenvalue weighted by atomic mass is 16.5. The molecule has 4 amide bonds. The number of fused-ring (bicyclic) bond motifs is 1. The molecule has 3 unspecified atom stereocenters. The Morgan fingerprint density at radius 1 is 0.926 bits per heavy atom. The Balaban J connectivity index is 1.83. The maximum atomic E-state index is 14.5. The Bertz CT molecular complexity index is 1430. The second-order valence-electron chi connectivity index (χ2n) is 16.2. The summed E-state index contributed by atoms with van der Waals surface area (Å²) >= 11 is 0. The number of ether oxygens (including phenoxy) is 2. The van der Waals surface area contributed by atoms with Gasteiger partial charge in [-0.15, -0.1) is 0 Å². The van der Waals surface area contributed by atoms with Gasteiger partial charge in [-0.25, -0.2) is 4.79 Å². The second-order valence-corrected chi connectivity index (χ2v) is 16.2. The number of carboxylic acids is 1. The van der Waals surface area contributed by atoms with E-state index in [1.54, 1.807) is 33.0 Å². The lowest BCUT2D eigenvalue weighted by Gasteiger charge is -2.41. The van der Waals surface area contributed by atoms with E-state index >= 15 is 0 Å². The molecule has 2 fully saturated rings. The Hall–Kier alpha value is -3.55. The predicted octanol–water partition coefficient (Wildman–Crippen LogP) is 3.35. The van der Waals surface area contributed by atoms with Crippen LogP contribution in [0.25, 0.3) is 0 Å². The van der Waals surface area contributed by atoms with Crippen LogP contribution in [0.3, 0.4) is 0 Å². The number of likely N-dealkylation sites (N-methyl/N-ethyl adjacent to an activating group) is 2. The number of methoxy groups -OCH3 is 2. The van der Waals surface area contributed by atoms with Crippen LogP contribution in [0.2, 0.25) is 0 Å². The first kappa shape index (κ1) is 44.8. The summed E-state index contributed by atoms with van der Waals surface area (Å²) in [6.07, 6.45) is 0.170. The number of likely N-dealkylation sites (tertiary alicyclic amines) is 1. The summed E-state index contributed by atoms with van der Waals surface area (Å²) in [5.41, 5.74) is 0.788. The van der Waals surface area contributed by atoms with Gasteiger partial charge < -0.3 is 40.3 Å². The Morgan fingerprint density at radius 3 is 2.04 bits per heavy atom. The first-order chi connectivity index (χ1) is 25.4. The molecule has 3 rings (SSSR count). The summed E-state index contributed by atoms with van der Waals surface area (Å²) in [5, 5.41) is 18.7. The number of nitrogens with one attached hydrogen (secondary N) is 3. The van der Waals surface area contributed by atoms with Crippen molar-refractivity contribution < 1.29 is 38.6 Å². The van der Waals surface area contributed by atoms with Crippen molar-refractivity contribution in [3.05, 3.63) is 35.9 Å². The van der Waals surface area contributed by atoms with E-state index in [4.69, 9.17) is 9.47 Å². The maximum absolute atomic E-state index is 14.5. The normalized spacial score (nSPS) is 23.7. The summed E-state index contributed by atoms with van der Waals surface area (Å²) in [6, 6.07) is 5.86. The SMILES string of the molecule is CC[C@H](C)[C@@H]([C@@H](CC(=O)N1C2C(C)C2C[C@H]1[C@H](OC)[C@@H](C)C(=O)N[C@@H](Cc1ccccc1)C(=O)O)OC)N(C)C(=O)[C@@H](NC(=O)[C@@H](NC)C(C)C)C(C)C. The molecular formula is C41H67N5O8. The molecule has 13 nitrogen and oxygen atoms in total. The van der Waals surface area contributed by atoms with Crippen LogP contribution in [-0.4, -0.2) is 121 Å². The van der Waals surface area contributed by atoms with Gasteiger partial charge in [-0.1, -0.05) is 92.1 Å². The highest BCUT2D eigenvalue weighted by molar-refractivity contribution is 5.90. The smallest absolute Gasteiger partial charge is 0.326 e. The first-order valence-electron chi connectivity index (χ1n) is 19.6. The molecule has 1 aliphatic heterocycles. The van der Waals surface area contributed by atoms with E-state index in [-0.39, 0.29) is 66.2 Å². The van der Waals surface area contributed by atoms with E-state index in [0.29, 0.717) is 6.42 Å². The minimum atomic E-state index is -1.13. The third-order valence-electron chi connectivity index (χ3n) is 12.0. The minimum Gasteiger partial charge on any atom is -0.480 e. The molecule has 0 aromatic heterocycles. The van der Waals surface area contributed by atoms with Gasteiger partial charge in [0.2, 0.25) is 23.6 Å². The zero-order chi connectivity index (χ0) is 40.6. The molecule has 54 heavy (non-hydrogen) atoms. The van der Waals surface area contributed by atoms with Gasteiger partial charge in [0.15, 0.2) is 0 Å². The Labute approximate surface area is 322 Å². The van der Waals surface area contributed by atoms with Crippen molar-refractivity contribution >= 4 is 29.6 Å². The number of piperidine rings is 1. The second kappa shape index (κ2) is 19.9. The van der Waals surface area contributed by atoms with Crippen molar-refractivity contribution in [2.24, 2.45) is 35.5 Å². The molecule has 12 atom stereocenters. The summed E-state index contributed by atoms with van der Waals surface area (Å²) in [6.45, 7) is 15.6. The Kier molecular flexibility index (Phi) is 16.5. The van der Waals surface area contributed by atoms with Crippen molar-refractivity contribution in [2.75, 3.05) is 28.3 Å². The largest absolute Gasteiger partial charge is 0.480 e. The number of hydrogen-bond acceptors (Lipinski definition) is 8. The molecule has 1 aromatic rings. The molecule has 1 aromatic carbocycles. The average molecular weight is 758 g/mol. The van der Waals surface area contributed by atoms with Crippen LogP contribution >= 0.6 is 0 Å². The highest BCUT2D eigenvalue weighted by Gasteiger charge is 2.62. The fourth-order valence-electron chi connectivity index (χ4n) is 8.54. The number of aliphatic carboxylic acids is 1. The fourth-order valence-corrected chi connectivity index (χ4v) is 8.54. The van der Waals surface area contributed by atoms with Crippen molar-refractivity contribution in [3.63, 3.8) is 0 Å². The first-order valence-corrected chi connectivity index (χ1v) is 19.6. The van der Waals surface area contributed by atoms with Crippen LogP contribution in [0, 0.1) is 35.5 Å². The number of nitrogens with zero attached hydrogens (tertiary/aromatic N) is 2. The topological polar surface area (TPSA) is 167 Å². The quantitative estimate of drug-likeness (QED) is 0.147. The molecule has 304 valence electrons. The summed E-state index contributed by atoms with van der Waals surface area (Å²) < 4.78 is 12.0.